The largest absolute Gasteiger partial charge is 0.381 e. The Hall–Kier alpha value is -1.99. The minimum atomic E-state index is 0.220. The van der Waals surface area contributed by atoms with Gasteiger partial charge in [-0.1, -0.05) is 19.1 Å². The van der Waals surface area contributed by atoms with Crippen LogP contribution in [0.1, 0.15) is 32.3 Å². The first kappa shape index (κ1) is 21.7. The molecule has 0 bridgehead atoms. The van der Waals surface area contributed by atoms with E-state index in [2.05, 4.69) is 53.8 Å². The van der Waals surface area contributed by atoms with Crippen LogP contribution in [0.25, 0.3) is 5.69 Å². The predicted octanol–water partition coefficient (Wildman–Crippen LogP) is 3.27. The molecule has 3 rings (SSSR count). The SMILES string of the molecule is CCNC(=NCC1(SCC)CCOCC1)NCCc1ccc(-n2cccn2)cc1. The Balaban J connectivity index is 1.52. The first-order chi connectivity index (χ1) is 14.2. The fraction of sp³-hybridized carbons (Fsp3) is 0.545. The van der Waals surface area contributed by atoms with E-state index in [-0.39, 0.29) is 4.75 Å². The molecule has 1 saturated heterocycles. The maximum Gasteiger partial charge on any atom is 0.191 e. The second-order valence-electron chi connectivity index (χ2n) is 7.22. The van der Waals surface area contributed by atoms with E-state index in [1.54, 1.807) is 6.20 Å². The van der Waals surface area contributed by atoms with Gasteiger partial charge in [0.1, 0.15) is 0 Å². The van der Waals surface area contributed by atoms with Crippen LogP contribution in [0.3, 0.4) is 0 Å². The van der Waals surface area contributed by atoms with Crippen LogP contribution >= 0.6 is 11.8 Å². The van der Waals surface area contributed by atoms with Gasteiger partial charge >= 0.3 is 0 Å². The molecule has 0 amide bonds. The summed E-state index contributed by atoms with van der Waals surface area (Å²) in [6.07, 6.45) is 6.86. The van der Waals surface area contributed by atoms with Crippen molar-refractivity contribution in [2.75, 3.05) is 38.6 Å². The molecule has 6 nitrogen and oxygen atoms in total. The summed E-state index contributed by atoms with van der Waals surface area (Å²) in [6, 6.07) is 10.5. The summed E-state index contributed by atoms with van der Waals surface area (Å²) in [5.74, 6) is 2.02. The summed E-state index contributed by atoms with van der Waals surface area (Å²) < 4.78 is 7.67. The van der Waals surface area contributed by atoms with E-state index in [9.17, 15) is 0 Å². The molecular weight excluding hydrogens is 382 g/mol. The van der Waals surface area contributed by atoms with Gasteiger partial charge in [-0.2, -0.15) is 16.9 Å². The summed E-state index contributed by atoms with van der Waals surface area (Å²) >= 11 is 2.03. The van der Waals surface area contributed by atoms with E-state index in [0.29, 0.717) is 0 Å². The lowest BCUT2D eigenvalue weighted by Crippen LogP contribution is -2.41. The highest BCUT2D eigenvalue weighted by atomic mass is 32.2. The van der Waals surface area contributed by atoms with Crippen LogP contribution in [-0.2, 0) is 11.2 Å². The number of aliphatic imine (C=N–C) groups is 1. The van der Waals surface area contributed by atoms with Crippen LogP contribution in [0.15, 0.2) is 47.7 Å². The first-order valence-electron chi connectivity index (χ1n) is 10.6. The van der Waals surface area contributed by atoms with E-state index >= 15 is 0 Å². The van der Waals surface area contributed by atoms with E-state index in [1.807, 2.05) is 28.7 Å². The Morgan fingerprint density at radius 1 is 1.21 bits per heavy atom. The molecule has 0 saturated carbocycles. The Morgan fingerprint density at radius 2 is 2.00 bits per heavy atom. The van der Waals surface area contributed by atoms with Crippen LogP contribution in [0, 0.1) is 0 Å². The van der Waals surface area contributed by atoms with Gasteiger partial charge in [0, 0.05) is 43.4 Å². The number of rotatable bonds is 9. The van der Waals surface area contributed by atoms with Crippen molar-refractivity contribution in [3.05, 3.63) is 48.3 Å². The molecular formula is C22H33N5OS. The molecule has 7 heteroatoms. The molecule has 0 aliphatic carbocycles. The molecule has 0 spiro atoms. The van der Waals surface area contributed by atoms with Crippen molar-refractivity contribution in [1.29, 1.82) is 0 Å². The molecule has 0 radical (unpaired) electrons. The molecule has 1 aromatic heterocycles. The molecule has 1 aromatic carbocycles. The summed E-state index contributed by atoms with van der Waals surface area (Å²) in [6.45, 7) is 8.58. The third-order valence-corrected chi connectivity index (χ3v) is 6.57. The molecule has 29 heavy (non-hydrogen) atoms. The van der Waals surface area contributed by atoms with Gasteiger partial charge in [-0.15, -0.1) is 0 Å². The lowest BCUT2D eigenvalue weighted by atomic mass is 9.99. The lowest BCUT2D eigenvalue weighted by molar-refractivity contribution is 0.0793. The fourth-order valence-corrected chi connectivity index (χ4v) is 4.75. The zero-order valence-electron chi connectivity index (χ0n) is 17.6. The predicted molar refractivity (Wildman–Crippen MR) is 122 cm³/mol. The average molecular weight is 416 g/mol. The van der Waals surface area contributed by atoms with Gasteiger partial charge in [0.2, 0.25) is 0 Å². The Bertz CT molecular complexity index is 734. The molecule has 1 fully saturated rings. The maximum atomic E-state index is 5.57. The minimum Gasteiger partial charge on any atom is -0.381 e. The van der Waals surface area contributed by atoms with E-state index in [4.69, 9.17) is 9.73 Å². The Labute approximate surface area is 178 Å². The van der Waals surface area contributed by atoms with Crippen LogP contribution < -0.4 is 10.6 Å². The van der Waals surface area contributed by atoms with E-state index in [0.717, 1.165) is 69.5 Å². The zero-order chi connectivity index (χ0) is 20.4. The third-order valence-electron chi connectivity index (χ3n) is 5.14. The molecule has 2 N–H and O–H groups in total. The van der Waals surface area contributed by atoms with Gasteiger partial charge in [-0.05, 0) is 55.7 Å². The normalized spacial score (nSPS) is 16.6. The van der Waals surface area contributed by atoms with Crippen molar-refractivity contribution in [3.63, 3.8) is 0 Å². The van der Waals surface area contributed by atoms with Crippen LogP contribution in [-0.4, -0.2) is 59.1 Å². The molecule has 1 aliphatic heterocycles. The van der Waals surface area contributed by atoms with Crippen molar-refractivity contribution < 1.29 is 4.74 Å². The molecule has 2 aromatic rings. The second kappa shape index (κ2) is 11.3. The van der Waals surface area contributed by atoms with Crippen molar-refractivity contribution in [1.82, 2.24) is 20.4 Å². The van der Waals surface area contributed by atoms with Crippen molar-refractivity contribution >= 4 is 17.7 Å². The highest BCUT2D eigenvalue weighted by Crippen LogP contribution is 2.35. The van der Waals surface area contributed by atoms with Gasteiger partial charge in [0.15, 0.2) is 5.96 Å². The summed E-state index contributed by atoms with van der Waals surface area (Å²) in [5.41, 5.74) is 2.38. The smallest absolute Gasteiger partial charge is 0.191 e. The van der Waals surface area contributed by atoms with Gasteiger partial charge in [0.05, 0.1) is 12.2 Å². The molecule has 0 unspecified atom stereocenters. The third kappa shape index (κ3) is 6.51. The number of thioether (sulfide) groups is 1. The highest BCUT2D eigenvalue weighted by molar-refractivity contribution is 8.00. The van der Waals surface area contributed by atoms with E-state index in [1.165, 1.54) is 5.56 Å². The summed E-state index contributed by atoms with van der Waals surface area (Å²) in [5, 5.41) is 11.1. The van der Waals surface area contributed by atoms with Gasteiger partial charge in [0.25, 0.3) is 0 Å². The van der Waals surface area contributed by atoms with Crippen LogP contribution in [0.5, 0.6) is 0 Å². The van der Waals surface area contributed by atoms with Gasteiger partial charge in [-0.25, -0.2) is 4.68 Å². The van der Waals surface area contributed by atoms with Gasteiger partial charge in [-0.3, -0.25) is 4.99 Å². The standard InChI is InChI=1S/C22H33N5OS/c1-3-23-21(25-18-22(29-4-2)11-16-28-17-12-22)24-14-10-19-6-8-20(9-7-19)27-15-5-13-26-27/h5-9,13,15H,3-4,10-12,14,16-18H2,1-2H3,(H2,23,24,25). The number of hydrogen-bond acceptors (Lipinski definition) is 4. The molecule has 158 valence electrons. The van der Waals surface area contributed by atoms with Crippen molar-refractivity contribution in [3.8, 4) is 5.69 Å². The number of benzene rings is 1. The van der Waals surface area contributed by atoms with Crippen molar-refractivity contribution in [2.24, 2.45) is 4.99 Å². The Morgan fingerprint density at radius 3 is 2.66 bits per heavy atom. The maximum absolute atomic E-state index is 5.57. The number of hydrogen-bond donors (Lipinski definition) is 2. The monoisotopic (exact) mass is 415 g/mol. The second-order valence-corrected chi connectivity index (χ2v) is 8.95. The minimum absolute atomic E-state index is 0.220. The molecule has 2 heterocycles. The summed E-state index contributed by atoms with van der Waals surface area (Å²) in [7, 11) is 0. The average Bonchev–Trinajstić information content (AvgIpc) is 3.28. The topological polar surface area (TPSA) is 63.5 Å². The van der Waals surface area contributed by atoms with E-state index < -0.39 is 0 Å². The number of aromatic nitrogens is 2. The number of nitrogens with zero attached hydrogens (tertiary/aromatic N) is 3. The Kier molecular flexibility index (Phi) is 8.43. The quantitative estimate of drug-likeness (QED) is 0.486. The molecule has 0 atom stereocenters. The van der Waals surface area contributed by atoms with Crippen molar-refractivity contribution in [2.45, 2.75) is 37.9 Å². The number of guanidine groups is 1. The van der Waals surface area contributed by atoms with Gasteiger partial charge < -0.3 is 15.4 Å². The first-order valence-corrected chi connectivity index (χ1v) is 11.6. The number of ether oxygens (including phenoxy) is 1. The lowest BCUT2D eigenvalue weighted by Gasteiger charge is -2.35. The molecule has 1 aliphatic rings. The summed E-state index contributed by atoms with van der Waals surface area (Å²) in [4.78, 5) is 4.91. The van der Waals surface area contributed by atoms with Crippen LogP contribution in [0.4, 0.5) is 0 Å². The zero-order valence-corrected chi connectivity index (χ0v) is 18.4. The van der Waals surface area contributed by atoms with Crippen LogP contribution in [0.2, 0.25) is 0 Å². The number of nitrogens with one attached hydrogen (secondary N) is 2. The fourth-order valence-electron chi connectivity index (χ4n) is 3.52. The highest BCUT2D eigenvalue weighted by Gasteiger charge is 2.32.